The molecule has 0 aliphatic carbocycles. The number of hydrogen-bond donors (Lipinski definition) is 3. The number of aromatic nitrogens is 3. The van der Waals surface area contributed by atoms with Crippen LogP contribution in [0.4, 0.5) is 13.2 Å². The summed E-state index contributed by atoms with van der Waals surface area (Å²) in [6, 6.07) is 18.5. The van der Waals surface area contributed by atoms with Crippen molar-refractivity contribution in [1.29, 1.82) is 0 Å². The largest absolute Gasteiger partial charge is 0.480 e. The van der Waals surface area contributed by atoms with Gasteiger partial charge in [0.05, 0.1) is 22.0 Å². The molecule has 0 aliphatic heterocycles. The van der Waals surface area contributed by atoms with E-state index in [0.29, 0.717) is 11.3 Å². The first kappa shape index (κ1) is 27.7. The van der Waals surface area contributed by atoms with Gasteiger partial charge in [-0.15, -0.1) is 0 Å². The van der Waals surface area contributed by atoms with Crippen molar-refractivity contribution < 1.29 is 27.9 Å². The maximum absolute atomic E-state index is 13.6. The molecular weight excluding hydrogens is 557 g/mol. The molecule has 0 aliphatic rings. The Morgan fingerprint density at radius 3 is 2.54 bits per heavy atom. The molecule has 11 heteroatoms. The molecule has 3 N–H and O–H groups in total. The third-order valence-corrected chi connectivity index (χ3v) is 6.77. The van der Waals surface area contributed by atoms with E-state index in [-0.39, 0.29) is 17.7 Å². The highest BCUT2D eigenvalue weighted by molar-refractivity contribution is 6.31. The molecule has 0 fully saturated rings. The molecular formula is C30H22ClF3N4O3. The van der Waals surface area contributed by atoms with Crippen LogP contribution in [-0.2, 0) is 22.2 Å². The molecule has 1 atom stereocenters. The lowest BCUT2D eigenvalue weighted by Crippen LogP contribution is -2.41. The van der Waals surface area contributed by atoms with Gasteiger partial charge >= 0.3 is 12.1 Å². The number of hydrogen-bond acceptors (Lipinski definition) is 3. The zero-order valence-electron chi connectivity index (χ0n) is 21.2. The summed E-state index contributed by atoms with van der Waals surface area (Å²) in [5.74, 6) is -1.90. The van der Waals surface area contributed by atoms with Crippen LogP contribution in [0.1, 0.15) is 16.7 Å². The van der Waals surface area contributed by atoms with Crippen LogP contribution in [-0.4, -0.2) is 37.8 Å². The van der Waals surface area contributed by atoms with Crippen molar-refractivity contribution in [2.75, 3.05) is 0 Å². The molecule has 0 saturated heterocycles. The first-order chi connectivity index (χ1) is 19.6. The van der Waals surface area contributed by atoms with E-state index in [9.17, 15) is 27.9 Å². The molecule has 2 aromatic heterocycles. The van der Waals surface area contributed by atoms with Crippen molar-refractivity contribution in [3.8, 4) is 16.9 Å². The van der Waals surface area contributed by atoms with E-state index in [2.05, 4.69) is 15.4 Å². The fourth-order valence-corrected chi connectivity index (χ4v) is 4.67. The van der Waals surface area contributed by atoms with Crippen LogP contribution in [0.25, 0.3) is 33.9 Å². The maximum Gasteiger partial charge on any atom is 0.417 e. The van der Waals surface area contributed by atoms with Gasteiger partial charge < -0.3 is 15.4 Å². The molecule has 41 heavy (non-hydrogen) atoms. The quantitative estimate of drug-likeness (QED) is 0.183. The van der Waals surface area contributed by atoms with Crippen molar-refractivity contribution in [1.82, 2.24) is 20.1 Å². The summed E-state index contributed by atoms with van der Waals surface area (Å²) in [6.07, 6.45) is 1.14. The maximum atomic E-state index is 13.6. The molecule has 5 rings (SSSR count). The normalized spacial score (nSPS) is 12.6. The van der Waals surface area contributed by atoms with Gasteiger partial charge in [0.15, 0.2) is 0 Å². The second-order valence-electron chi connectivity index (χ2n) is 9.20. The molecule has 0 bridgehead atoms. The Morgan fingerprint density at radius 2 is 1.80 bits per heavy atom. The van der Waals surface area contributed by atoms with Gasteiger partial charge in [0.2, 0.25) is 5.91 Å². The van der Waals surface area contributed by atoms with Crippen LogP contribution in [0.5, 0.6) is 0 Å². The number of amides is 1. The van der Waals surface area contributed by atoms with Crippen LogP contribution in [0.2, 0.25) is 5.02 Å². The SMILES string of the molecule is O=C(/C=C/c1cn(-c2ccccc2)nc1-c1ccc(Cl)c(C(F)(F)F)c1)NC(Cc1c[nH]c2ccccc12)C(=O)O. The molecule has 1 amide bonds. The Balaban J connectivity index is 1.44. The highest BCUT2D eigenvalue weighted by Crippen LogP contribution is 2.38. The molecule has 2 heterocycles. The summed E-state index contributed by atoms with van der Waals surface area (Å²) in [7, 11) is 0. The lowest BCUT2D eigenvalue weighted by Gasteiger charge is -2.13. The Kier molecular flexibility index (Phi) is 7.67. The monoisotopic (exact) mass is 578 g/mol. The first-order valence-corrected chi connectivity index (χ1v) is 12.8. The number of halogens is 4. The predicted molar refractivity (Wildman–Crippen MR) is 150 cm³/mol. The number of benzene rings is 3. The number of carboxylic acid groups (broad SMARTS) is 1. The Labute approximate surface area is 236 Å². The Morgan fingerprint density at radius 1 is 1.07 bits per heavy atom. The van der Waals surface area contributed by atoms with Crippen molar-refractivity contribution in [3.63, 3.8) is 0 Å². The summed E-state index contributed by atoms with van der Waals surface area (Å²) >= 11 is 5.81. The smallest absolute Gasteiger partial charge is 0.417 e. The number of carbonyl (C=O) groups is 2. The van der Waals surface area contributed by atoms with Gasteiger partial charge in [-0.1, -0.05) is 54.1 Å². The van der Waals surface area contributed by atoms with Crippen LogP contribution in [0.3, 0.4) is 0 Å². The van der Waals surface area contributed by atoms with Crippen LogP contribution >= 0.6 is 11.6 Å². The van der Waals surface area contributed by atoms with Crippen molar-refractivity contribution in [3.05, 3.63) is 113 Å². The topological polar surface area (TPSA) is 100 Å². The third-order valence-electron chi connectivity index (χ3n) is 6.44. The second-order valence-corrected chi connectivity index (χ2v) is 9.61. The van der Waals surface area contributed by atoms with Gasteiger partial charge in [-0.3, -0.25) is 4.79 Å². The summed E-state index contributed by atoms with van der Waals surface area (Å²) in [6.45, 7) is 0. The van der Waals surface area contributed by atoms with Gasteiger partial charge in [-0.05, 0) is 42.0 Å². The first-order valence-electron chi connectivity index (χ1n) is 12.4. The van der Waals surface area contributed by atoms with Crippen LogP contribution in [0, 0.1) is 0 Å². The van der Waals surface area contributed by atoms with E-state index in [0.717, 1.165) is 34.7 Å². The van der Waals surface area contributed by atoms with Gasteiger partial charge in [-0.2, -0.15) is 18.3 Å². The standard InChI is InChI=1S/C30H22ClF3N4O3/c31-24-12-10-18(14-23(24)30(32,33)34)28-19(17-38(37-28)21-6-2-1-3-7-21)11-13-27(39)36-26(29(40)41)15-20-16-35-25-9-5-4-8-22(20)25/h1-14,16-17,26,35H,15H2,(H,36,39)(H,40,41)/b13-11+. The average Bonchev–Trinajstić information content (AvgIpc) is 3.56. The van der Waals surface area contributed by atoms with Crippen molar-refractivity contribution in [2.24, 2.45) is 0 Å². The fraction of sp³-hybridized carbons (Fsp3) is 0.100. The number of carbonyl (C=O) groups excluding carboxylic acids is 1. The van der Waals surface area contributed by atoms with E-state index >= 15 is 0 Å². The summed E-state index contributed by atoms with van der Waals surface area (Å²) in [4.78, 5) is 27.8. The minimum Gasteiger partial charge on any atom is -0.480 e. The van der Waals surface area contributed by atoms with Crippen molar-refractivity contribution >= 4 is 40.5 Å². The van der Waals surface area contributed by atoms with E-state index in [1.165, 1.54) is 16.8 Å². The lowest BCUT2D eigenvalue weighted by atomic mass is 10.0. The summed E-state index contributed by atoms with van der Waals surface area (Å²) in [5, 5.41) is 17.1. The minimum atomic E-state index is -4.68. The number of alkyl halides is 3. The highest BCUT2D eigenvalue weighted by Gasteiger charge is 2.33. The molecule has 0 spiro atoms. The number of rotatable bonds is 8. The molecule has 1 unspecified atom stereocenters. The number of H-pyrrole nitrogens is 1. The number of carboxylic acids is 1. The van der Waals surface area contributed by atoms with Gasteiger partial charge in [0.1, 0.15) is 6.04 Å². The van der Waals surface area contributed by atoms with E-state index in [1.807, 2.05) is 30.3 Å². The molecule has 0 radical (unpaired) electrons. The molecule has 208 valence electrons. The number of aromatic amines is 1. The number of nitrogens with zero attached hydrogens (tertiary/aromatic N) is 2. The number of aliphatic carboxylic acids is 1. The van der Waals surface area contributed by atoms with Crippen LogP contribution < -0.4 is 5.32 Å². The molecule has 7 nitrogen and oxygen atoms in total. The Hall–Kier alpha value is -4.83. The van der Waals surface area contributed by atoms with Gasteiger partial charge in [0, 0.05) is 46.9 Å². The minimum absolute atomic E-state index is 0.0428. The van der Waals surface area contributed by atoms with Crippen molar-refractivity contribution in [2.45, 2.75) is 18.6 Å². The Bertz CT molecular complexity index is 1760. The van der Waals surface area contributed by atoms with Gasteiger partial charge in [-0.25, -0.2) is 9.48 Å². The molecule has 5 aromatic rings. The lowest BCUT2D eigenvalue weighted by molar-refractivity contribution is -0.141. The highest BCUT2D eigenvalue weighted by atomic mass is 35.5. The second kappa shape index (κ2) is 11.3. The van der Waals surface area contributed by atoms with Crippen LogP contribution in [0.15, 0.2) is 91.3 Å². The van der Waals surface area contributed by atoms with E-state index in [4.69, 9.17) is 11.6 Å². The number of para-hydroxylation sites is 2. The zero-order valence-corrected chi connectivity index (χ0v) is 21.9. The van der Waals surface area contributed by atoms with E-state index in [1.54, 1.807) is 36.7 Å². The fourth-order valence-electron chi connectivity index (χ4n) is 4.44. The number of fused-ring (bicyclic) bond motifs is 1. The molecule has 0 saturated carbocycles. The zero-order chi connectivity index (χ0) is 29.1. The average molecular weight is 579 g/mol. The van der Waals surface area contributed by atoms with Gasteiger partial charge in [0.25, 0.3) is 0 Å². The molecule has 3 aromatic carbocycles. The summed E-state index contributed by atoms with van der Waals surface area (Å²) in [5.41, 5.74) is 1.85. The third kappa shape index (κ3) is 6.17. The predicted octanol–water partition coefficient (Wildman–Crippen LogP) is 6.52. The van der Waals surface area contributed by atoms with E-state index < -0.39 is 34.7 Å². The summed E-state index contributed by atoms with van der Waals surface area (Å²) < 4.78 is 42.1. The number of nitrogens with one attached hydrogen (secondary N) is 2.